The summed E-state index contributed by atoms with van der Waals surface area (Å²) in [4.78, 5) is 22.2. The number of methoxy groups -OCH3 is 1. The Morgan fingerprint density at radius 2 is 2.13 bits per heavy atom. The second-order valence-corrected chi connectivity index (χ2v) is 3.44. The third kappa shape index (κ3) is 7.21. The van der Waals surface area contributed by atoms with Crippen molar-refractivity contribution in [3.05, 3.63) is 0 Å². The smallest absolute Gasteiger partial charge is 0.243 e. The molecule has 0 aromatic rings. The van der Waals surface area contributed by atoms with Gasteiger partial charge in [0.25, 0.3) is 0 Å². The molecule has 0 aromatic carbocycles. The number of thiol groups is 1. The third-order valence-electron chi connectivity index (χ3n) is 1.70. The number of rotatable bonds is 7. The first-order valence-corrected chi connectivity index (χ1v) is 5.39. The number of ether oxygens (including phenoxy) is 1. The summed E-state index contributed by atoms with van der Waals surface area (Å²) in [7, 11) is 1.61. The molecule has 2 N–H and O–H groups in total. The van der Waals surface area contributed by atoms with Crippen LogP contribution in [0.2, 0.25) is 0 Å². The summed E-state index contributed by atoms with van der Waals surface area (Å²) in [6.45, 7) is 2.51. The minimum atomic E-state index is -0.562. The van der Waals surface area contributed by atoms with Crippen molar-refractivity contribution in [2.45, 2.75) is 19.4 Å². The van der Waals surface area contributed by atoms with Gasteiger partial charge in [-0.1, -0.05) is 0 Å². The van der Waals surface area contributed by atoms with Crippen LogP contribution in [0.1, 0.15) is 13.3 Å². The Morgan fingerprint density at radius 3 is 2.60 bits per heavy atom. The first kappa shape index (κ1) is 14.2. The van der Waals surface area contributed by atoms with E-state index in [2.05, 4.69) is 23.3 Å². The van der Waals surface area contributed by atoms with E-state index in [0.29, 0.717) is 13.2 Å². The van der Waals surface area contributed by atoms with Gasteiger partial charge >= 0.3 is 0 Å². The van der Waals surface area contributed by atoms with Crippen LogP contribution in [0.3, 0.4) is 0 Å². The van der Waals surface area contributed by atoms with Crippen LogP contribution in [-0.2, 0) is 14.3 Å². The fraction of sp³-hybridized carbons (Fsp3) is 0.778. The number of hydrogen-bond donors (Lipinski definition) is 3. The summed E-state index contributed by atoms with van der Waals surface area (Å²) in [5, 5.41) is 5.20. The van der Waals surface area contributed by atoms with Crippen LogP contribution in [0.5, 0.6) is 0 Å². The lowest BCUT2D eigenvalue weighted by Gasteiger charge is -2.14. The highest BCUT2D eigenvalue weighted by atomic mass is 32.1. The van der Waals surface area contributed by atoms with Crippen molar-refractivity contribution in [3.8, 4) is 0 Å². The molecule has 2 amide bonds. The van der Waals surface area contributed by atoms with E-state index in [1.807, 2.05) is 0 Å². The molecule has 5 nitrogen and oxygen atoms in total. The Bertz CT molecular complexity index is 212. The van der Waals surface area contributed by atoms with Gasteiger partial charge in [0.2, 0.25) is 11.8 Å². The number of amides is 2. The largest absolute Gasteiger partial charge is 0.385 e. The van der Waals surface area contributed by atoms with Gasteiger partial charge < -0.3 is 15.4 Å². The monoisotopic (exact) mass is 234 g/mol. The summed E-state index contributed by atoms with van der Waals surface area (Å²) >= 11 is 3.99. The first-order valence-electron chi connectivity index (χ1n) is 4.76. The molecule has 88 valence electrons. The van der Waals surface area contributed by atoms with Crippen molar-refractivity contribution in [3.63, 3.8) is 0 Å². The zero-order valence-corrected chi connectivity index (χ0v) is 9.97. The van der Waals surface area contributed by atoms with Crippen LogP contribution in [-0.4, -0.2) is 43.9 Å². The van der Waals surface area contributed by atoms with Gasteiger partial charge in [-0.05, 0) is 6.42 Å². The van der Waals surface area contributed by atoms with E-state index in [0.717, 1.165) is 6.42 Å². The van der Waals surface area contributed by atoms with Crippen LogP contribution in [0.25, 0.3) is 0 Å². The Balaban J connectivity index is 3.78. The van der Waals surface area contributed by atoms with Crippen molar-refractivity contribution in [2.24, 2.45) is 0 Å². The Kier molecular flexibility index (Phi) is 8.12. The van der Waals surface area contributed by atoms with E-state index in [-0.39, 0.29) is 17.6 Å². The molecular formula is C9H18N2O3S. The number of hydrogen-bond acceptors (Lipinski definition) is 4. The molecular weight excluding hydrogens is 216 g/mol. The van der Waals surface area contributed by atoms with E-state index >= 15 is 0 Å². The van der Waals surface area contributed by atoms with Crippen LogP contribution in [0.15, 0.2) is 0 Å². The third-order valence-corrected chi connectivity index (χ3v) is 2.07. The van der Waals surface area contributed by atoms with Gasteiger partial charge in [0.15, 0.2) is 0 Å². The van der Waals surface area contributed by atoms with Crippen molar-refractivity contribution >= 4 is 24.4 Å². The second-order valence-electron chi connectivity index (χ2n) is 3.07. The molecule has 0 bridgehead atoms. The lowest BCUT2D eigenvalue weighted by molar-refractivity contribution is -0.127. The first-order chi connectivity index (χ1) is 7.11. The molecule has 0 aliphatic rings. The summed E-state index contributed by atoms with van der Waals surface area (Å²) in [5.41, 5.74) is 0. The average Bonchev–Trinajstić information content (AvgIpc) is 2.20. The zero-order valence-electron chi connectivity index (χ0n) is 9.08. The Labute approximate surface area is 95.4 Å². The molecule has 15 heavy (non-hydrogen) atoms. The minimum absolute atomic E-state index is 0.212. The topological polar surface area (TPSA) is 67.4 Å². The number of carbonyl (C=O) groups is 2. The molecule has 0 spiro atoms. The highest BCUT2D eigenvalue weighted by Crippen LogP contribution is 1.89. The fourth-order valence-corrected chi connectivity index (χ4v) is 1.25. The summed E-state index contributed by atoms with van der Waals surface area (Å²) in [6, 6.07) is -0.562. The Morgan fingerprint density at radius 1 is 1.47 bits per heavy atom. The summed E-state index contributed by atoms with van der Waals surface area (Å²) < 4.78 is 4.84. The number of nitrogens with one attached hydrogen (secondary N) is 2. The van der Waals surface area contributed by atoms with Crippen molar-refractivity contribution < 1.29 is 14.3 Å². The summed E-state index contributed by atoms with van der Waals surface area (Å²) in [5.74, 6) is -0.159. The van der Waals surface area contributed by atoms with Crippen LogP contribution >= 0.6 is 12.6 Å². The van der Waals surface area contributed by atoms with Gasteiger partial charge in [0.05, 0.1) is 0 Å². The molecule has 1 atom stereocenters. The van der Waals surface area contributed by atoms with Gasteiger partial charge in [-0.2, -0.15) is 12.6 Å². The minimum Gasteiger partial charge on any atom is -0.385 e. The molecule has 0 aliphatic heterocycles. The lowest BCUT2D eigenvalue weighted by Crippen LogP contribution is -2.47. The normalized spacial score (nSPS) is 11.9. The van der Waals surface area contributed by atoms with Crippen LogP contribution in [0, 0.1) is 0 Å². The quantitative estimate of drug-likeness (QED) is 0.414. The van der Waals surface area contributed by atoms with Crippen molar-refractivity contribution in [1.82, 2.24) is 10.6 Å². The second kappa shape index (κ2) is 8.55. The molecule has 0 rings (SSSR count). The lowest BCUT2D eigenvalue weighted by atomic mass is 10.3. The van der Waals surface area contributed by atoms with Crippen LogP contribution in [0.4, 0.5) is 0 Å². The van der Waals surface area contributed by atoms with E-state index in [1.165, 1.54) is 6.92 Å². The molecule has 6 heteroatoms. The molecule has 0 aliphatic carbocycles. The van der Waals surface area contributed by atoms with E-state index < -0.39 is 6.04 Å². The maximum atomic E-state index is 11.5. The summed E-state index contributed by atoms with van der Waals surface area (Å²) in [6.07, 6.45) is 0.752. The molecule has 0 aromatic heterocycles. The maximum absolute atomic E-state index is 11.5. The molecule has 0 radical (unpaired) electrons. The van der Waals surface area contributed by atoms with Gasteiger partial charge in [0, 0.05) is 32.9 Å². The highest BCUT2D eigenvalue weighted by molar-refractivity contribution is 7.80. The van der Waals surface area contributed by atoms with Gasteiger partial charge in [-0.15, -0.1) is 0 Å². The van der Waals surface area contributed by atoms with E-state index in [1.54, 1.807) is 7.11 Å². The van der Waals surface area contributed by atoms with Crippen molar-refractivity contribution in [1.29, 1.82) is 0 Å². The zero-order chi connectivity index (χ0) is 11.7. The fourth-order valence-electron chi connectivity index (χ4n) is 0.991. The molecule has 1 unspecified atom stereocenters. The molecule has 0 fully saturated rings. The predicted molar refractivity (Wildman–Crippen MR) is 61.0 cm³/mol. The van der Waals surface area contributed by atoms with Crippen LogP contribution < -0.4 is 10.6 Å². The van der Waals surface area contributed by atoms with Gasteiger partial charge in [-0.3, -0.25) is 9.59 Å². The van der Waals surface area contributed by atoms with Gasteiger partial charge in [0.1, 0.15) is 6.04 Å². The van der Waals surface area contributed by atoms with E-state index in [4.69, 9.17) is 4.74 Å². The average molecular weight is 234 g/mol. The standard InChI is InChI=1S/C9H18N2O3S/c1-7(12)11-8(6-15)9(13)10-4-3-5-14-2/h8,15H,3-6H2,1-2H3,(H,10,13)(H,11,12). The SMILES string of the molecule is COCCCNC(=O)C(CS)NC(C)=O. The highest BCUT2D eigenvalue weighted by Gasteiger charge is 2.16. The van der Waals surface area contributed by atoms with Crippen molar-refractivity contribution in [2.75, 3.05) is 26.0 Å². The molecule has 0 saturated heterocycles. The molecule has 0 heterocycles. The Hall–Kier alpha value is -0.750. The van der Waals surface area contributed by atoms with E-state index in [9.17, 15) is 9.59 Å². The van der Waals surface area contributed by atoms with Gasteiger partial charge in [-0.25, -0.2) is 0 Å². The number of carbonyl (C=O) groups excluding carboxylic acids is 2. The molecule has 0 saturated carbocycles. The maximum Gasteiger partial charge on any atom is 0.243 e. The predicted octanol–water partition coefficient (Wildman–Crippen LogP) is -0.426.